The molecule has 0 amide bonds. The van der Waals surface area contributed by atoms with Crippen LogP contribution in [0.1, 0.15) is 19.6 Å². The summed E-state index contributed by atoms with van der Waals surface area (Å²) >= 11 is 1.55. The molecule has 0 unspecified atom stereocenters. The minimum Gasteiger partial charge on any atom is -0.507 e. The van der Waals surface area contributed by atoms with E-state index in [0.29, 0.717) is 11.3 Å². The molecule has 31 heavy (non-hydrogen) atoms. The topological polar surface area (TPSA) is 71.1 Å². The molecule has 1 saturated heterocycles. The third-order valence-corrected chi connectivity index (χ3v) is 6.26. The number of rotatable bonds is 4. The number of furan rings is 1. The lowest BCUT2D eigenvalue weighted by Crippen LogP contribution is -2.45. The summed E-state index contributed by atoms with van der Waals surface area (Å²) in [5.41, 5.74) is 2.32. The molecule has 2 atom stereocenters. The second kappa shape index (κ2) is 8.17. The molecular weight excluding hydrogens is 410 g/mol. The summed E-state index contributed by atoms with van der Waals surface area (Å²) in [6.45, 7) is 5.75. The maximum absolute atomic E-state index is 10.4. The Morgan fingerprint density at radius 2 is 1.90 bits per heavy atom. The van der Waals surface area contributed by atoms with Gasteiger partial charge in [-0.25, -0.2) is 4.98 Å². The van der Waals surface area contributed by atoms with Gasteiger partial charge in [0.25, 0.3) is 0 Å². The molecule has 1 N–H and O–H groups in total. The van der Waals surface area contributed by atoms with Crippen LogP contribution in [0.3, 0.4) is 0 Å². The normalized spacial score (nSPS) is 19.5. The van der Waals surface area contributed by atoms with Crippen molar-refractivity contribution in [3.63, 3.8) is 0 Å². The predicted molar refractivity (Wildman–Crippen MR) is 125 cm³/mol. The maximum atomic E-state index is 10.4. The SMILES string of the molecule is C[C@@H]1CN(c2ccc(C=Nc3ccc(O)c(-c4nc5ccccc5s4)c3)o2)C[C@@H](C)O1. The zero-order valence-corrected chi connectivity index (χ0v) is 18.2. The summed E-state index contributed by atoms with van der Waals surface area (Å²) in [5, 5.41) is 11.1. The third-order valence-electron chi connectivity index (χ3n) is 5.19. The molecule has 0 saturated carbocycles. The third kappa shape index (κ3) is 4.19. The van der Waals surface area contributed by atoms with Crippen LogP contribution in [0.2, 0.25) is 0 Å². The van der Waals surface area contributed by atoms with Gasteiger partial charge in [-0.05, 0) is 50.2 Å². The Labute approximate surface area is 184 Å². The van der Waals surface area contributed by atoms with E-state index >= 15 is 0 Å². The van der Waals surface area contributed by atoms with E-state index < -0.39 is 0 Å². The molecule has 158 valence electrons. The van der Waals surface area contributed by atoms with Gasteiger partial charge in [-0.15, -0.1) is 11.3 Å². The number of nitrogens with zero attached hydrogens (tertiary/aromatic N) is 3. The highest BCUT2D eigenvalue weighted by molar-refractivity contribution is 7.21. The van der Waals surface area contributed by atoms with Crippen molar-refractivity contribution in [1.82, 2.24) is 4.98 Å². The van der Waals surface area contributed by atoms with Crippen LogP contribution in [0, 0.1) is 0 Å². The average molecular weight is 434 g/mol. The van der Waals surface area contributed by atoms with Crippen LogP contribution in [0.15, 0.2) is 64.0 Å². The van der Waals surface area contributed by atoms with Gasteiger partial charge < -0.3 is 19.2 Å². The number of phenolic OH excluding ortho intramolecular Hbond substituents is 1. The van der Waals surface area contributed by atoms with Crippen molar-refractivity contribution in [2.75, 3.05) is 18.0 Å². The van der Waals surface area contributed by atoms with E-state index in [1.54, 1.807) is 29.7 Å². The fourth-order valence-corrected chi connectivity index (χ4v) is 4.83. The Morgan fingerprint density at radius 1 is 1.10 bits per heavy atom. The summed E-state index contributed by atoms with van der Waals surface area (Å²) in [4.78, 5) is 11.4. The van der Waals surface area contributed by atoms with Gasteiger partial charge in [0.05, 0.1) is 39.9 Å². The quantitative estimate of drug-likeness (QED) is 0.423. The molecule has 1 fully saturated rings. The molecule has 0 bridgehead atoms. The minimum absolute atomic E-state index is 0.170. The van der Waals surface area contributed by atoms with Crippen LogP contribution < -0.4 is 4.90 Å². The predicted octanol–water partition coefficient (Wildman–Crippen LogP) is 5.63. The lowest BCUT2D eigenvalue weighted by atomic mass is 10.2. The standard InChI is InChI=1S/C24H23N3O3S/c1-15-13-27(14-16(2)29-15)23-10-8-18(30-23)12-25-17-7-9-21(28)19(11-17)24-26-20-5-3-4-6-22(20)31-24/h3-12,15-16,28H,13-14H2,1-2H3/t15-,16-/m1/s1. The smallest absolute Gasteiger partial charge is 0.196 e. The molecular formula is C24H23N3O3S. The largest absolute Gasteiger partial charge is 0.507 e. The number of morpholine rings is 1. The number of aromatic nitrogens is 1. The second-order valence-electron chi connectivity index (χ2n) is 7.78. The molecule has 5 rings (SSSR count). The molecule has 2 aromatic carbocycles. The second-order valence-corrected chi connectivity index (χ2v) is 8.82. The van der Waals surface area contributed by atoms with E-state index in [4.69, 9.17) is 9.15 Å². The molecule has 7 heteroatoms. The van der Waals surface area contributed by atoms with Crippen molar-refractivity contribution in [3.8, 4) is 16.3 Å². The van der Waals surface area contributed by atoms with E-state index in [-0.39, 0.29) is 18.0 Å². The first-order chi connectivity index (χ1) is 15.0. The summed E-state index contributed by atoms with van der Waals surface area (Å²) in [7, 11) is 0. The van der Waals surface area contributed by atoms with Crippen LogP contribution in [-0.2, 0) is 4.74 Å². The van der Waals surface area contributed by atoms with Crippen molar-refractivity contribution < 1.29 is 14.3 Å². The molecule has 2 aromatic heterocycles. The van der Waals surface area contributed by atoms with Crippen LogP contribution >= 0.6 is 11.3 Å². The van der Waals surface area contributed by atoms with Gasteiger partial charge in [0.2, 0.25) is 0 Å². The van der Waals surface area contributed by atoms with Gasteiger partial charge in [0.15, 0.2) is 5.88 Å². The van der Waals surface area contributed by atoms with Gasteiger partial charge in [-0.1, -0.05) is 12.1 Å². The Balaban J connectivity index is 1.37. The molecule has 0 aliphatic carbocycles. The maximum Gasteiger partial charge on any atom is 0.196 e. The van der Waals surface area contributed by atoms with Gasteiger partial charge in [0, 0.05) is 19.2 Å². The lowest BCUT2D eigenvalue weighted by molar-refractivity contribution is -0.00640. The molecule has 1 aliphatic heterocycles. The first-order valence-electron chi connectivity index (χ1n) is 10.3. The number of hydrogen-bond acceptors (Lipinski definition) is 7. The van der Waals surface area contributed by atoms with Gasteiger partial charge >= 0.3 is 0 Å². The van der Waals surface area contributed by atoms with Crippen LogP contribution in [-0.4, -0.2) is 41.6 Å². The van der Waals surface area contributed by atoms with E-state index in [0.717, 1.165) is 39.9 Å². The van der Waals surface area contributed by atoms with E-state index in [1.807, 2.05) is 42.5 Å². The zero-order chi connectivity index (χ0) is 21.4. The highest BCUT2D eigenvalue weighted by Crippen LogP contribution is 2.37. The van der Waals surface area contributed by atoms with Crippen molar-refractivity contribution in [3.05, 3.63) is 60.4 Å². The summed E-state index contributed by atoms with van der Waals surface area (Å²) in [6.07, 6.45) is 2.04. The fourth-order valence-electron chi connectivity index (χ4n) is 3.84. The fraction of sp³-hybridized carbons (Fsp3) is 0.250. The number of phenols is 1. The summed E-state index contributed by atoms with van der Waals surface area (Å²) in [6, 6.07) is 17.1. The Kier molecular flexibility index (Phi) is 5.21. The van der Waals surface area contributed by atoms with Gasteiger partial charge in [0.1, 0.15) is 16.5 Å². The number of fused-ring (bicyclic) bond motifs is 1. The van der Waals surface area contributed by atoms with Crippen LogP contribution in [0.5, 0.6) is 5.75 Å². The van der Waals surface area contributed by atoms with Crippen molar-refractivity contribution in [2.24, 2.45) is 4.99 Å². The Morgan fingerprint density at radius 3 is 2.71 bits per heavy atom. The number of thiazole rings is 1. The zero-order valence-electron chi connectivity index (χ0n) is 17.4. The van der Waals surface area contributed by atoms with Crippen molar-refractivity contribution in [1.29, 1.82) is 0 Å². The van der Waals surface area contributed by atoms with E-state index in [2.05, 4.69) is 28.7 Å². The minimum atomic E-state index is 0.170. The number of para-hydroxylation sites is 1. The summed E-state index contributed by atoms with van der Waals surface area (Å²) < 4.78 is 12.9. The number of benzene rings is 2. The van der Waals surface area contributed by atoms with Gasteiger partial charge in [-0.3, -0.25) is 4.99 Å². The number of anilines is 1. The number of ether oxygens (including phenoxy) is 1. The summed E-state index contributed by atoms with van der Waals surface area (Å²) in [5.74, 6) is 1.69. The van der Waals surface area contributed by atoms with E-state index in [9.17, 15) is 5.11 Å². The first kappa shape index (κ1) is 19.8. The van der Waals surface area contributed by atoms with Crippen molar-refractivity contribution >= 4 is 39.3 Å². The number of aliphatic imine (C=N–C) groups is 1. The highest BCUT2D eigenvalue weighted by Gasteiger charge is 2.24. The monoisotopic (exact) mass is 433 g/mol. The molecule has 0 radical (unpaired) electrons. The Hall–Kier alpha value is -3.16. The average Bonchev–Trinajstić information content (AvgIpc) is 3.39. The highest BCUT2D eigenvalue weighted by atomic mass is 32.1. The van der Waals surface area contributed by atoms with Crippen LogP contribution in [0.4, 0.5) is 11.6 Å². The number of aromatic hydroxyl groups is 1. The van der Waals surface area contributed by atoms with Crippen LogP contribution in [0.25, 0.3) is 20.8 Å². The molecule has 3 heterocycles. The van der Waals surface area contributed by atoms with Gasteiger partial charge in [-0.2, -0.15) is 0 Å². The van der Waals surface area contributed by atoms with Crippen molar-refractivity contribution in [2.45, 2.75) is 26.1 Å². The molecule has 4 aromatic rings. The molecule has 1 aliphatic rings. The Bertz CT molecular complexity index is 1200. The first-order valence-corrected chi connectivity index (χ1v) is 11.1. The molecule has 0 spiro atoms. The van der Waals surface area contributed by atoms with E-state index in [1.165, 1.54) is 0 Å². The lowest BCUT2D eigenvalue weighted by Gasteiger charge is -2.35. The molecule has 6 nitrogen and oxygen atoms in total. The number of hydrogen-bond donors (Lipinski definition) is 1.